The van der Waals surface area contributed by atoms with Crippen molar-refractivity contribution in [2.24, 2.45) is 5.73 Å². The predicted molar refractivity (Wildman–Crippen MR) is 88.2 cm³/mol. The Bertz CT molecular complexity index is 485. The monoisotopic (exact) mass is 287 g/mol. The molecule has 2 fully saturated rings. The molecule has 1 aromatic rings. The maximum absolute atomic E-state index is 6.26. The predicted octanol–water partition coefficient (Wildman–Crippen LogP) is 2.38. The molecule has 2 bridgehead atoms. The molecule has 0 spiro atoms. The molecule has 0 amide bonds. The number of hydrogen-bond donors (Lipinski definition) is 1. The van der Waals surface area contributed by atoms with Gasteiger partial charge in [0.1, 0.15) is 0 Å². The van der Waals surface area contributed by atoms with Crippen molar-refractivity contribution in [1.29, 1.82) is 0 Å². The van der Waals surface area contributed by atoms with Gasteiger partial charge in [-0.05, 0) is 52.3 Å². The Morgan fingerprint density at radius 1 is 1.29 bits per heavy atom. The number of piperidine rings is 1. The van der Waals surface area contributed by atoms with Crippen LogP contribution in [0, 0.1) is 6.92 Å². The maximum atomic E-state index is 6.26. The zero-order chi connectivity index (χ0) is 15.0. The third-order valence-electron chi connectivity index (χ3n) is 5.91. The number of benzene rings is 1. The van der Waals surface area contributed by atoms with E-state index in [1.165, 1.54) is 36.8 Å². The quantitative estimate of drug-likeness (QED) is 0.923. The summed E-state index contributed by atoms with van der Waals surface area (Å²) in [6.07, 6.45) is 5.14. The Morgan fingerprint density at radius 2 is 1.95 bits per heavy atom. The van der Waals surface area contributed by atoms with Gasteiger partial charge in [-0.15, -0.1) is 0 Å². The van der Waals surface area contributed by atoms with Gasteiger partial charge in [0.25, 0.3) is 0 Å². The van der Waals surface area contributed by atoms with E-state index in [1.54, 1.807) is 0 Å². The zero-order valence-corrected chi connectivity index (χ0v) is 13.7. The van der Waals surface area contributed by atoms with Crippen molar-refractivity contribution < 1.29 is 0 Å². The first kappa shape index (κ1) is 15.0. The summed E-state index contributed by atoms with van der Waals surface area (Å²) in [6, 6.07) is 10.3. The Kier molecular flexibility index (Phi) is 4.08. The number of fused-ring (bicyclic) bond motifs is 2. The summed E-state index contributed by atoms with van der Waals surface area (Å²) in [5.74, 6) is 0. The van der Waals surface area contributed by atoms with E-state index < -0.39 is 0 Å². The van der Waals surface area contributed by atoms with E-state index in [4.69, 9.17) is 5.73 Å². The lowest BCUT2D eigenvalue weighted by molar-refractivity contribution is 0.0118. The zero-order valence-electron chi connectivity index (χ0n) is 13.7. The van der Waals surface area contributed by atoms with E-state index in [1.807, 2.05) is 0 Å². The summed E-state index contributed by atoms with van der Waals surface area (Å²) in [5, 5.41) is 0. The molecule has 2 saturated heterocycles. The second kappa shape index (κ2) is 5.71. The van der Waals surface area contributed by atoms with Crippen LogP contribution in [0.4, 0.5) is 0 Å². The molecular formula is C18H29N3. The fourth-order valence-electron chi connectivity index (χ4n) is 4.43. The second-order valence-corrected chi connectivity index (χ2v) is 7.23. The molecule has 116 valence electrons. The van der Waals surface area contributed by atoms with Crippen LogP contribution < -0.4 is 5.73 Å². The summed E-state index contributed by atoms with van der Waals surface area (Å²) < 4.78 is 0. The lowest BCUT2D eigenvalue weighted by atomic mass is 9.81. The summed E-state index contributed by atoms with van der Waals surface area (Å²) in [5.41, 5.74) is 9.18. The molecule has 0 aromatic heterocycles. The van der Waals surface area contributed by atoms with Gasteiger partial charge in [-0.25, -0.2) is 0 Å². The Morgan fingerprint density at radius 3 is 2.52 bits per heavy atom. The van der Waals surface area contributed by atoms with Crippen molar-refractivity contribution in [3.63, 3.8) is 0 Å². The molecule has 2 unspecified atom stereocenters. The number of hydrogen-bond acceptors (Lipinski definition) is 3. The van der Waals surface area contributed by atoms with Crippen LogP contribution in [0.2, 0.25) is 0 Å². The maximum Gasteiger partial charge on any atom is 0.0361 e. The van der Waals surface area contributed by atoms with Crippen molar-refractivity contribution in [3.05, 3.63) is 35.4 Å². The largest absolute Gasteiger partial charge is 0.329 e. The highest BCUT2D eigenvalue weighted by Crippen LogP contribution is 2.42. The van der Waals surface area contributed by atoms with Gasteiger partial charge in [-0.1, -0.05) is 29.8 Å². The van der Waals surface area contributed by atoms with Gasteiger partial charge in [-0.2, -0.15) is 0 Å². The number of aryl methyl sites for hydroxylation is 1. The highest BCUT2D eigenvalue weighted by Gasteiger charge is 2.48. The van der Waals surface area contributed by atoms with Crippen LogP contribution in [0.15, 0.2) is 24.3 Å². The van der Waals surface area contributed by atoms with Gasteiger partial charge < -0.3 is 10.6 Å². The van der Waals surface area contributed by atoms with Crippen LogP contribution in [0.3, 0.4) is 0 Å². The minimum absolute atomic E-state index is 0.183. The van der Waals surface area contributed by atoms with Crippen LogP contribution >= 0.6 is 0 Å². The fourth-order valence-corrected chi connectivity index (χ4v) is 4.43. The first-order valence-corrected chi connectivity index (χ1v) is 8.23. The first-order chi connectivity index (χ1) is 10.0. The smallest absolute Gasteiger partial charge is 0.0361 e. The van der Waals surface area contributed by atoms with Crippen molar-refractivity contribution in [1.82, 2.24) is 9.80 Å². The lowest BCUT2D eigenvalue weighted by Crippen LogP contribution is -2.60. The Hall–Kier alpha value is -0.900. The van der Waals surface area contributed by atoms with Crippen LogP contribution in [-0.4, -0.2) is 48.1 Å². The molecule has 3 nitrogen and oxygen atoms in total. The lowest BCUT2D eigenvalue weighted by Gasteiger charge is -2.50. The topological polar surface area (TPSA) is 32.5 Å². The Labute approximate surface area is 129 Å². The molecule has 1 aromatic carbocycles. The van der Waals surface area contributed by atoms with Crippen molar-refractivity contribution in [3.8, 4) is 0 Å². The number of likely N-dealkylation sites (N-methyl/N-ethyl adjacent to an activating group) is 1. The van der Waals surface area contributed by atoms with E-state index in [-0.39, 0.29) is 5.54 Å². The van der Waals surface area contributed by atoms with E-state index in [0.717, 1.165) is 25.2 Å². The number of rotatable bonds is 4. The third kappa shape index (κ3) is 2.75. The number of nitrogens with two attached hydrogens (primary N) is 1. The molecule has 0 aliphatic carbocycles. The molecule has 21 heavy (non-hydrogen) atoms. The van der Waals surface area contributed by atoms with Crippen LogP contribution in [0.25, 0.3) is 0 Å². The summed E-state index contributed by atoms with van der Waals surface area (Å²) >= 11 is 0. The van der Waals surface area contributed by atoms with Gasteiger partial charge in [-0.3, -0.25) is 4.90 Å². The van der Waals surface area contributed by atoms with Crippen molar-refractivity contribution >= 4 is 0 Å². The van der Waals surface area contributed by atoms with Gasteiger partial charge in [0.05, 0.1) is 0 Å². The van der Waals surface area contributed by atoms with Gasteiger partial charge in [0.15, 0.2) is 0 Å². The van der Waals surface area contributed by atoms with Crippen LogP contribution in [0.1, 0.15) is 36.8 Å². The summed E-state index contributed by atoms with van der Waals surface area (Å²) in [6.45, 7) is 3.94. The molecule has 2 N–H and O–H groups in total. The molecule has 0 radical (unpaired) electrons. The highest BCUT2D eigenvalue weighted by molar-refractivity contribution is 5.22. The Balaban J connectivity index is 1.77. The third-order valence-corrected chi connectivity index (χ3v) is 5.91. The fraction of sp³-hybridized carbons (Fsp3) is 0.667. The highest BCUT2D eigenvalue weighted by atomic mass is 15.3. The SMILES string of the molecule is Cc1cccc(CN(C)C2(CN)CC3CCC(C2)N3C)c1. The summed E-state index contributed by atoms with van der Waals surface area (Å²) in [7, 11) is 4.56. The normalized spacial score (nSPS) is 32.8. The molecule has 3 heteroatoms. The molecule has 2 aliphatic rings. The average molecular weight is 287 g/mol. The van der Waals surface area contributed by atoms with Gasteiger partial charge in [0, 0.05) is 30.7 Å². The molecule has 2 atom stereocenters. The molecule has 3 rings (SSSR count). The minimum Gasteiger partial charge on any atom is -0.329 e. The molecule has 0 saturated carbocycles. The van der Waals surface area contributed by atoms with Crippen molar-refractivity contribution in [2.45, 2.75) is 56.8 Å². The van der Waals surface area contributed by atoms with Gasteiger partial charge in [0.2, 0.25) is 0 Å². The van der Waals surface area contributed by atoms with Gasteiger partial charge >= 0.3 is 0 Å². The second-order valence-electron chi connectivity index (χ2n) is 7.23. The van der Waals surface area contributed by atoms with E-state index in [2.05, 4.69) is 55.1 Å². The van der Waals surface area contributed by atoms with Crippen molar-refractivity contribution in [2.75, 3.05) is 20.6 Å². The molecular weight excluding hydrogens is 258 g/mol. The minimum atomic E-state index is 0.183. The van der Waals surface area contributed by atoms with Crippen LogP contribution in [0.5, 0.6) is 0 Å². The molecule has 2 heterocycles. The standard InChI is InChI=1S/C18H29N3/c1-14-5-4-6-15(9-14)12-20(2)18(13-19)10-16-7-8-17(11-18)21(16)3/h4-6,9,16-17H,7-8,10-13,19H2,1-3H3. The first-order valence-electron chi connectivity index (χ1n) is 8.23. The molecule has 2 aliphatic heterocycles. The summed E-state index contributed by atoms with van der Waals surface area (Å²) in [4.78, 5) is 5.12. The number of nitrogens with zero attached hydrogens (tertiary/aromatic N) is 2. The van der Waals surface area contributed by atoms with E-state index >= 15 is 0 Å². The van der Waals surface area contributed by atoms with E-state index in [0.29, 0.717) is 0 Å². The van der Waals surface area contributed by atoms with E-state index in [9.17, 15) is 0 Å². The van der Waals surface area contributed by atoms with Crippen LogP contribution in [-0.2, 0) is 6.54 Å². The average Bonchev–Trinajstić information content (AvgIpc) is 2.70.